The number of anilines is 1. The van der Waals surface area contributed by atoms with Crippen LogP contribution in [0.3, 0.4) is 0 Å². The molecule has 1 atom stereocenters. The number of amides is 1. The lowest BCUT2D eigenvalue weighted by Crippen LogP contribution is -2.07. The van der Waals surface area contributed by atoms with E-state index in [1.165, 1.54) is 18.3 Å². The second-order valence-electron chi connectivity index (χ2n) is 5.89. The van der Waals surface area contributed by atoms with Gasteiger partial charge in [0.15, 0.2) is 0 Å². The number of pyridine rings is 1. The summed E-state index contributed by atoms with van der Waals surface area (Å²) in [6.45, 7) is 5.19. The molecule has 0 bridgehead atoms. The minimum atomic E-state index is -0.640. The predicted octanol–water partition coefficient (Wildman–Crippen LogP) is 4.19. The van der Waals surface area contributed by atoms with E-state index < -0.39 is 6.10 Å². The summed E-state index contributed by atoms with van der Waals surface area (Å²) in [5, 5.41) is 13.3. The molecule has 5 nitrogen and oxygen atoms in total. The van der Waals surface area contributed by atoms with Gasteiger partial charge in [0.25, 0.3) is 0 Å². The number of nitrogens with one attached hydrogen (secondary N) is 1. The zero-order valence-electron chi connectivity index (χ0n) is 14.3. The molecule has 0 aliphatic rings. The minimum Gasteiger partial charge on any atom is -0.386 e. The number of aliphatic hydroxyl groups is 1. The lowest BCUT2D eigenvalue weighted by molar-refractivity contribution is -0.114. The van der Waals surface area contributed by atoms with Gasteiger partial charge < -0.3 is 10.4 Å². The number of aryl methyl sites for hydroxylation is 1. The van der Waals surface area contributed by atoms with E-state index >= 15 is 0 Å². The van der Waals surface area contributed by atoms with Crippen LogP contribution < -0.4 is 5.32 Å². The van der Waals surface area contributed by atoms with Crippen LogP contribution in [-0.2, 0) is 4.79 Å². The molecule has 0 radical (unpaired) electrons. The van der Waals surface area contributed by atoms with Crippen LogP contribution in [0.5, 0.6) is 0 Å². The summed E-state index contributed by atoms with van der Waals surface area (Å²) in [4.78, 5) is 21.0. The summed E-state index contributed by atoms with van der Waals surface area (Å²) in [6.07, 6.45) is 1.02. The normalized spacial score (nSPS) is 12.0. The topological polar surface area (TPSA) is 75.1 Å². The summed E-state index contributed by atoms with van der Waals surface area (Å²) in [5.41, 5.74) is 3.86. The van der Waals surface area contributed by atoms with Crippen molar-refractivity contribution in [2.45, 2.75) is 26.9 Å². The SMILES string of the molecule is CC(=O)Nc1cc(-c2sc([C@@H](C)O)nc2-c2cccc(C)c2)ccn1. The Labute approximate surface area is 150 Å². The first-order chi connectivity index (χ1) is 11.9. The van der Waals surface area contributed by atoms with Crippen LogP contribution in [0.4, 0.5) is 5.82 Å². The zero-order chi connectivity index (χ0) is 18.0. The summed E-state index contributed by atoms with van der Waals surface area (Å²) in [5.74, 6) is 0.324. The fourth-order valence-corrected chi connectivity index (χ4v) is 3.54. The molecule has 2 N–H and O–H groups in total. The van der Waals surface area contributed by atoms with Gasteiger partial charge in [0.1, 0.15) is 16.9 Å². The Bertz CT molecular complexity index is 919. The van der Waals surface area contributed by atoms with Crippen LogP contribution in [-0.4, -0.2) is 21.0 Å². The van der Waals surface area contributed by atoms with Gasteiger partial charge in [0.05, 0.1) is 10.6 Å². The fourth-order valence-electron chi connectivity index (χ4n) is 2.52. The number of aliphatic hydroxyl groups excluding tert-OH is 1. The van der Waals surface area contributed by atoms with Crippen molar-refractivity contribution in [1.82, 2.24) is 9.97 Å². The van der Waals surface area contributed by atoms with Crippen molar-refractivity contribution in [3.63, 3.8) is 0 Å². The number of carbonyl (C=O) groups excluding carboxylic acids is 1. The Morgan fingerprint density at radius 2 is 2.04 bits per heavy atom. The molecule has 0 aliphatic heterocycles. The lowest BCUT2D eigenvalue weighted by atomic mass is 10.1. The van der Waals surface area contributed by atoms with Crippen molar-refractivity contribution in [2.24, 2.45) is 0 Å². The molecule has 0 saturated heterocycles. The number of aromatic nitrogens is 2. The summed E-state index contributed by atoms with van der Waals surface area (Å²) in [6, 6.07) is 11.8. The Hall–Kier alpha value is -2.57. The Morgan fingerprint density at radius 3 is 2.72 bits per heavy atom. The van der Waals surface area contributed by atoms with E-state index in [1.54, 1.807) is 13.1 Å². The van der Waals surface area contributed by atoms with Gasteiger partial charge in [-0.2, -0.15) is 0 Å². The second kappa shape index (κ2) is 7.13. The minimum absolute atomic E-state index is 0.169. The van der Waals surface area contributed by atoms with Gasteiger partial charge in [0.2, 0.25) is 5.91 Å². The number of carbonyl (C=O) groups is 1. The highest BCUT2D eigenvalue weighted by Gasteiger charge is 2.18. The van der Waals surface area contributed by atoms with Crippen molar-refractivity contribution < 1.29 is 9.90 Å². The number of hydrogen-bond donors (Lipinski definition) is 2. The van der Waals surface area contributed by atoms with Gasteiger partial charge in [-0.25, -0.2) is 9.97 Å². The van der Waals surface area contributed by atoms with Crippen molar-refractivity contribution >= 4 is 23.1 Å². The highest BCUT2D eigenvalue weighted by molar-refractivity contribution is 7.15. The quantitative estimate of drug-likeness (QED) is 0.737. The third-order valence-corrected chi connectivity index (χ3v) is 4.89. The molecule has 2 aromatic heterocycles. The molecule has 25 heavy (non-hydrogen) atoms. The van der Waals surface area contributed by atoms with E-state index in [0.717, 1.165) is 27.3 Å². The number of benzene rings is 1. The highest BCUT2D eigenvalue weighted by Crippen LogP contribution is 2.39. The Balaban J connectivity index is 2.13. The van der Waals surface area contributed by atoms with Crippen molar-refractivity contribution in [1.29, 1.82) is 0 Å². The van der Waals surface area contributed by atoms with E-state index in [4.69, 9.17) is 0 Å². The Morgan fingerprint density at radius 1 is 1.24 bits per heavy atom. The first-order valence-corrected chi connectivity index (χ1v) is 8.75. The smallest absolute Gasteiger partial charge is 0.222 e. The first kappa shape index (κ1) is 17.3. The van der Waals surface area contributed by atoms with Gasteiger partial charge in [0, 0.05) is 18.7 Å². The van der Waals surface area contributed by atoms with Crippen LogP contribution in [0.15, 0.2) is 42.6 Å². The predicted molar refractivity (Wildman–Crippen MR) is 100 cm³/mol. The van der Waals surface area contributed by atoms with Crippen molar-refractivity contribution in [3.8, 4) is 21.7 Å². The van der Waals surface area contributed by atoms with Crippen molar-refractivity contribution in [3.05, 3.63) is 53.2 Å². The molecule has 0 fully saturated rings. The Kier molecular flexibility index (Phi) is 4.92. The summed E-state index contributed by atoms with van der Waals surface area (Å²) in [7, 11) is 0. The maximum atomic E-state index is 11.3. The summed E-state index contributed by atoms with van der Waals surface area (Å²) >= 11 is 1.45. The van der Waals surface area contributed by atoms with Gasteiger partial charge in [-0.1, -0.05) is 23.8 Å². The number of rotatable bonds is 4. The van der Waals surface area contributed by atoms with E-state index in [9.17, 15) is 9.90 Å². The molecule has 1 aromatic carbocycles. The molecular weight excluding hydrogens is 334 g/mol. The average Bonchev–Trinajstić information content (AvgIpc) is 3.00. The lowest BCUT2D eigenvalue weighted by Gasteiger charge is -2.06. The fraction of sp³-hybridized carbons (Fsp3) is 0.211. The van der Waals surface area contributed by atoms with E-state index in [-0.39, 0.29) is 5.91 Å². The van der Waals surface area contributed by atoms with Gasteiger partial charge >= 0.3 is 0 Å². The standard InChI is InChI=1S/C19H19N3O2S/c1-11-5-4-6-14(9-11)17-18(25-19(22-17)12(2)23)15-7-8-20-16(10-15)21-13(3)24/h4-10,12,23H,1-3H3,(H,20,21,24)/t12-/m1/s1. The number of thiazole rings is 1. The second-order valence-corrected chi connectivity index (χ2v) is 6.92. The third kappa shape index (κ3) is 3.92. The molecule has 128 valence electrons. The van der Waals surface area contributed by atoms with Crippen LogP contribution in [0.25, 0.3) is 21.7 Å². The van der Waals surface area contributed by atoms with Crippen LogP contribution >= 0.6 is 11.3 Å². The molecule has 0 unspecified atom stereocenters. The highest BCUT2D eigenvalue weighted by atomic mass is 32.1. The summed E-state index contributed by atoms with van der Waals surface area (Å²) < 4.78 is 0. The molecule has 0 aliphatic carbocycles. The molecule has 0 saturated carbocycles. The molecule has 6 heteroatoms. The third-order valence-electron chi connectivity index (χ3n) is 3.62. The molecule has 1 amide bonds. The maximum Gasteiger partial charge on any atom is 0.222 e. The van der Waals surface area contributed by atoms with E-state index in [0.29, 0.717) is 10.8 Å². The maximum absolute atomic E-state index is 11.3. The van der Waals surface area contributed by atoms with Crippen LogP contribution in [0.1, 0.15) is 30.5 Å². The van der Waals surface area contributed by atoms with Crippen LogP contribution in [0.2, 0.25) is 0 Å². The largest absolute Gasteiger partial charge is 0.386 e. The van der Waals surface area contributed by atoms with Gasteiger partial charge in [-0.3, -0.25) is 4.79 Å². The van der Waals surface area contributed by atoms with Gasteiger partial charge in [-0.15, -0.1) is 11.3 Å². The molecule has 2 heterocycles. The average molecular weight is 353 g/mol. The number of hydrogen-bond acceptors (Lipinski definition) is 5. The zero-order valence-corrected chi connectivity index (χ0v) is 15.1. The molecule has 0 spiro atoms. The van der Waals surface area contributed by atoms with Crippen molar-refractivity contribution in [2.75, 3.05) is 5.32 Å². The molecular formula is C19H19N3O2S. The monoisotopic (exact) mass is 353 g/mol. The van der Waals surface area contributed by atoms with E-state index in [2.05, 4.69) is 21.4 Å². The molecule has 3 rings (SSSR count). The van der Waals surface area contributed by atoms with E-state index in [1.807, 2.05) is 37.3 Å². The van der Waals surface area contributed by atoms with Gasteiger partial charge in [-0.05, 0) is 37.6 Å². The first-order valence-electron chi connectivity index (χ1n) is 7.94. The molecule has 3 aromatic rings. The van der Waals surface area contributed by atoms with Crippen LogP contribution in [0, 0.1) is 6.92 Å². The number of nitrogens with zero attached hydrogens (tertiary/aromatic N) is 2.